The average molecular weight is 242 g/mol. The quantitative estimate of drug-likeness (QED) is 0.795. The van der Waals surface area contributed by atoms with E-state index in [0.29, 0.717) is 13.2 Å². The smallest absolute Gasteiger partial charge is 0.163 e. The second-order valence-electron chi connectivity index (χ2n) is 4.11. The summed E-state index contributed by atoms with van der Waals surface area (Å²) >= 11 is 0. The first-order chi connectivity index (χ1) is 8.81. The predicted molar refractivity (Wildman–Crippen MR) is 71.6 cm³/mol. The van der Waals surface area contributed by atoms with E-state index >= 15 is 0 Å². The minimum Gasteiger partial charge on any atom is -0.486 e. The molecule has 18 heavy (non-hydrogen) atoms. The van der Waals surface area contributed by atoms with Crippen molar-refractivity contribution < 1.29 is 9.47 Å². The van der Waals surface area contributed by atoms with E-state index in [1.807, 2.05) is 42.5 Å². The first kappa shape index (κ1) is 10.8. The van der Waals surface area contributed by atoms with Gasteiger partial charge in [0, 0.05) is 23.1 Å². The molecule has 92 valence electrons. The zero-order chi connectivity index (χ0) is 12.4. The Kier molecular flexibility index (Phi) is 2.68. The van der Waals surface area contributed by atoms with Gasteiger partial charge >= 0.3 is 0 Å². The zero-order valence-electron chi connectivity index (χ0n) is 9.85. The minimum atomic E-state index is 0.592. The molecule has 0 saturated carbocycles. The fourth-order valence-corrected chi connectivity index (χ4v) is 1.90. The van der Waals surface area contributed by atoms with Crippen molar-refractivity contribution in [2.75, 3.05) is 24.3 Å². The van der Waals surface area contributed by atoms with Gasteiger partial charge in [0.2, 0.25) is 0 Å². The molecule has 0 unspecified atom stereocenters. The maximum Gasteiger partial charge on any atom is 0.163 e. The molecule has 0 atom stereocenters. The number of hydrogen-bond acceptors (Lipinski definition) is 4. The Balaban J connectivity index is 1.85. The van der Waals surface area contributed by atoms with Crippen LogP contribution in [0.5, 0.6) is 11.5 Å². The Hall–Kier alpha value is -2.36. The largest absolute Gasteiger partial charge is 0.486 e. The summed E-state index contributed by atoms with van der Waals surface area (Å²) in [6.07, 6.45) is 0. The normalized spacial score (nSPS) is 13.1. The maximum absolute atomic E-state index is 5.74. The van der Waals surface area contributed by atoms with Crippen molar-refractivity contribution in [1.29, 1.82) is 0 Å². The molecule has 4 nitrogen and oxygen atoms in total. The van der Waals surface area contributed by atoms with Crippen LogP contribution in [0.25, 0.3) is 0 Å². The Bertz CT molecular complexity index is 569. The number of rotatable bonds is 2. The molecule has 0 bridgehead atoms. The number of hydrogen-bond donors (Lipinski definition) is 2. The molecule has 0 spiro atoms. The third-order valence-corrected chi connectivity index (χ3v) is 2.72. The summed E-state index contributed by atoms with van der Waals surface area (Å²) in [6, 6.07) is 13.4. The molecule has 4 heteroatoms. The molecule has 0 saturated heterocycles. The number of benzene rings is 2. The lowest BCUT2D eigenvalue weighted by Gasteiger charge is -2.19. The van der Waals surface area contributed by atoms with Crippen molar-refractivity contribution >= 4 is 17.1 Å². The number of anilines is 3. The summed E-state index contributed by atoms with van der Waals surface area (Å²) < 4.78 is 11.0. The summed E-state index contributed by atoms with van der Waals surface area (Å²) in [6.45, 7) is 1.20. The Morgan fingerprint density at radius 1 is 0.889 bits per heavy atom. The van der Waals surface area contributed by atoms with Crippen LogP contribution in [0.2, 0.25) is 0 Å². The van der Waals surface area contributed by atoms with Crippen LogP contribution in [0.1, 0.15) is 0 Å². The van der Waals surface area contributed by atoms with Crippen LogP contribution < -0.4 is 20.5 Å². The van der Waals surface area contributed by atoms with Crippen molar-refractivity contribution in [3.05, 3.63) is 42.5 Å². The summed E-state index contributed by atoms with van der Waals surface area (Å²) in [7, 11) is 0. The van der Waals surface area contributed by atoms with E-state index in [2.05, 4.69) is 5.32 Å². The number of nitrogen functional groups attached to an aromatic ring is 1. The van der Waals surface area contributed by atoms with Gasteiger partial charge in [0.25, 0.3) is 0 Å². The molecule has 0 aliphatic carbocycles. The van der Waals surface area contributed by atoms with Gasteiger partial charge in [-0.2, -0.15) is 0 Å². The molecule has 3 N–H and O–H groups in total. The van der Waals surface area contributed by atoms with Gasteiger partial charge in [-0.1, -0.05) is 6.07 Å². The number of nitrogens with two attached hydrogens (primary N) is 1. The first-order valence-electron chi connectivity index (χ1n) is 5.83. The maximum atomic E-state index is 5.74. The van der Waals surface area contributed by atoms with Gasteiger partial charge in [0.05, 0.1) is 0 Å². The molecule has 0 fully saturated rings. The SMILES string of the molecule is Nc1cccc(Nc2ccc3c(c2)OCCO3)c1. The van der Waals surface area contributed by atoms with E-state index < -0.39 is 0 Å². The summed E-state index contributed by atoms with van der Waals surface area (Å²) in [5, 5.41) is 3.28. The lowest BCUT2D eigenvalue weighted by Crippen LogP contribution is -2.15. The molecule has 0 radical (unpaired) electrons. The van der Waals surface area contributed by atoms with Gasteiger partial charge < -0.3 is 20.5 Å². The highest BCUT2D eigenvalue weighted by atomic mass is 16.6. The van der Waals surface area contributed by atoms with Crippen molar-refractivity contribution in [1.82, 2.24) is 0 Å². The van der Waals surface area contributed by atoms with E-state index in [0.717, 1.165) is 28.6 Å². The molecule has 3 rings (SSSR count). The van der Waals surface area contributed by atoms with Crippen molar-refractivity contribution in [3.63, 3.8) is 0 Å². The number of nitrogens with one attached hydrogen (secondary N) is 1. The molecular formula is C14H14N2O2. The molecule has 1 heterocycles. The summed E-state index contributed by atoms with van der Waals surface area (Å²) in [4.78, 5) is 0. The lowest BCUT2D eigenvalue weighted by atomic mass is 10.2. The highest BCUT2D eigenvalue weighted by Gasteiger charge is 2.11. The van der Waals surface area contributed by atoms with Gasteiger partial charge in [-0.25, -0.2) is 0 Å². The average Bonchev–Trinajstić information content (AvgIpc) is 2.39. The number of fused-ring (bicyclic) bond motifs is 1. The van der Waals surface area contributed by atoms with E-state index in [1.54, 1.807) is 0 Å². The first-order valence-corrected chi connectivity index (χ1v) is 5.83. The highest BCUT2D eigenvalue weighted by Crippen LogP contribution is 2.33. The fourth-order valence-electron chi connectivity index (χ4n) is 1.90. The Morgan fingerprint density at radius 3 is 2.50 bits per heavy atom. The number of ether oxygens (including phenoxy) is 2. The molecule has 0 amide bonds. The van der Waals surface area contributed by atoms with Crippen LogP contribution in [0.3, 0.4) is 0 Å². The van der Waals surface area contributed by atoms with E-state index in [9.17, 15) is 0 Å². The van der Waals surface area contributed by atoms with Gasteiger partial charge in [-0.3, -0.25) is 0 Å². The van der Waals surface area contributed by atoms with Gasteiger partial charge in [-0.05, 0) is 30.3 Å². The van der Waals surface area contributed by atoms with E-state index in [4.69, 9.17) is 15.2 Å². The van der Waals surface area contributed by atoms with Gasteiger partial charge in [-0.15, -0.1) is 0 Å². The third-order valence-electron chi connectivity index (χ3n) is 2.72. The zero-order valence-corrected chi connectivity index (χ0v) is 9.85. The van der Waals surface area contributed by atoms with E-state index in [-0.39, 0.29) is 0 Å². The fraction of sp³-hybridized carbons (Fsp3) is 0.143. The lowest BCUT2D eigenvalue weighted by molar-refractivity contribution is 0.171. The third kappa shape index (κ3) is 2.18. The van der Waals surface area contributed by atoms with Crippen LogP contribution in [0.4, 0.5) is 17.1 Å². The molecule has 1 aliphatic heterocycles. The van der Waals surface area contributed by atoms with Gasteiger partial charge in [0.15, 0.2) is 11.5 Å². The van der Waals surface area contributed by atoms with Gasteiger partial charge in [0.1, 0.15) is 13.2 Å². The standard InChI is InChI=1S/C14H14N2O2/c15-10-2-1-3-11(8-10)16-12-4-5-13-14(9-12)18-7-6-17-13/h1-5,8-9,16H,6-7,15H2. The van der Waals surface area contributed by atoms with Crippen LogP contribution in [0, 0.1) is 0 Å². The Morgan fingerprint density at radius 2 is 1.67 bits per heavy atom. The van der Waals surface area contributed by atoms with Crippen molar-refractivity contribution in [2.24, 2.45) is 0 Å². The molecule has 0 aromatic heterocycles. The molecular weight excluding hydrogens is 228 g/mol. The molecule has 2 aromatic rings. The summed E-state index contributed by atoms with van der Waals surface area (Å²) in [5.41, 5.74) is 8.37. The van der Waals surface area contributed by atoms with Crippen LogP contribution in [0.15, 0.2) is 42.5 Å². The van der Waals surface area contributed by atoms with E-state index in [1.165, 1.54) is 0 Å². The van der Waals surface area contributed by atoms with Crippen LogP contribution in [-0.4, -0.2) is 13.2 Å². The molecule has 1 aliphatic rings. The predicted octanol–water partition coefficient (Wildman–Crippen LogP) is 2.78. The minimum absolute atomic E-state index is 0.592. The topological polar surface area (TPSA) is 56.5 Å². The molecule has 2 aromatic carbocycles. The monoisotopic (exact) mass is 242 g/mol. The Labute approximate surface area is 105 Å². The highest BCUT2D eigenvalue weighted by molar-refractivity contribution is 5.66. The second kappa shape index (κ2) is 4.49. The van der Waals surface area contributed by atoms with Crippen molar-refractivity contribution in [2.45, 2.75) is 0 Å². The van der Waals surface area contributed by atoms with Crippen molar-refractivity contribution in [3.8, 4) is 11.5 Å². The summed E-state index contributed by atoms with van der Waals surface area (Å²) in [5.74, 6) is 1.56. The van der Waals surface area contributed by atoms with Crippen LogP contribution >= 0.6 is 0 Å². The van der Waals surface area contributed by atoms with Crippen LogP contribution in [-0.2, 0) is 0 Å². The second-order valence-corrected chi connectivity index (χ2v) is 4.11.